The Labute approximate surface area is 95.8 Å². The summed E-state index contributed by atoms with van der Waals surface area (Å²) < 4.78 is 36.0. The van der Waals surface area contributed by atoms with Crippen LogP contribution in [0.25, 0.3) is 0 Å². The number of amidine groups is 1. The van der Waals surface area contributed by atoms with Crippen molar-refractivity contribution in [2.24, 2.45) is 16.3 Å². The molecular weight excluding hydrogens is 239 g/mol. The molecule has 1 rings (SSSR count). The molecule has 0 radical (unpaired) electrons. The molecule has 0 spiro atoms. The minimum Gasteiger partial charge on any atom is -0.409 e. The average molecular weight is 253 g/mol. The number of nitrogens with zero attached hydrogens (tertiary/aromatic N) is 1. The van der Waals surface area contributed by atoms with Crippen LogP contribution in [-0.2, 0) is 4.79 Å². The number of hydrogen-bond donors (Lipinski definition) is 3. The van der Waals surface area contributed by atoms with Crippen LogP contribution in [0.1, 0.15) is 25.7 Å². The molecular formula is C9H14F3N3O2. The number of oxime groups is 1. The number of amides is 1. The van der Waals surface area contributed by atoms with Crippen molar-refractivity contribution < 1.29 is 23.2 Å². The Kier molecular flexibility index (Phi) is 3.84. The lowest BCUT2D eigenvalue weighted by Crippen LogP contribution is -2.50. The first-order chi connectivity index (χ1) is 7.82. The molecule has 0 atom stereocenters. The van der Waals surface area contributed by atoms with E-state index in [4.69, 9.17) is 10.9 Å². The lowest BCUT2D eigenvalue weighted by Gasteiger charge is -2.26. The second-order valence-corrected chi connectivity index (χ2v) is 4.07. The molecule has 0 aromatic heterocycles. The second kappa shape index (κ2) is 4.80. The Morgan fingerprint density at radius 3 is 2.35 bits per heavy atom. The predicted octanol–water partition coefficient (Wildman–Crippen LogP) is 0.972. The summed E-state index contributed by atoms with van der Waals surface area (Å²) in [5.74, 6) is -1.16. The largest absolute Gasteiger partial charge is 0.409 e. The van der Waals surface area contributed by atoms with E-state index in [0.717, 1.165) is 0 Å². The van der Waals surface area contributed by atoms with Gasteiger partial charge in [0.1, 0.15) is 12.0 Å². The molecule has 4 N–H and O–H groups in total. The molecule has 1 fully saturated rings. The monoisotopic (exact) mass is 253 g/mol. The van der Waals surface area contributed by atoms with Gasteiger partial charge in [-0.05, 0) is 12.8 Å². The van der Waals surface area contributed by atoms with Gasteiger partial charge in [-0.3, -0.25) is 4.79 Å². The van der Waals surface area contributed by atoms with Gasteiger partial charge in [0.25, 0.3) is 0 Å². The Hall–Kier alpha value is -1.47. The third-order valence-electron chi connectivity index (χ3n) is 2.94. The number of alkyl halides is 3. The highest BCUT2D eigenvalue weighted by molar-refractivity contribution is 6.07. The Balaban J connectivity index is 2.76. The Morgan fingerprint density at radius 1 is 1.41 bits per heavy atom. The maximum Gasteiger partial charge on any atom is 0.405 e. The lowest BCUT2D eigenvalue weighted by molar-refractivity contribution is -0.142. The zero-order valence-electron chi connectivity index (χ0n) is 9.05. The van der Waals surface area contributed by atoms with Crippen molar-refractivity contribution in [1.82, 2.24) is 5.32 Å². The topological polar surface area (TPSA) is 87.7 Å². The van der Waals surface area contributed by atoms with Crippen LogP contribution in [0.15, 0.2) is 5.16 Å². The molecule has 0 aliphatic heterocycles. The maximum atomic E-state index is 12.0. The highest BCUT2D eigenvalue weighted by Gasteiger charge is 2.46. The molecule has 5 nitrogen and oxygen atoms in total. The molecule has 1 aliphatic carbocycles. The van der Waals surface area contributed by atoms with Gasteiger partial charge in [0.05, 0.1) is 0 Å². The summed E-state index contributed by atoms with van der Waals surface area (Å²) in [6.45, 7) is -1.41. The van der Waals surface area contributed by atoms with Crippen LogP contribution in [0.5, 0.6) is 0 Å². The van der Waals surface area contributed by atoms with Crippen LogP contribution in [0.3, 0.4) is 0 Å². The normalized spacial score (nSPS) is 20.3. The van der Waals surface area contributed by atoms with Crippen molar-refractivity contribution in [3.05, 3.63) is 0 Å². The van der Waals surface area contributed by atoms with E-state index in [2.05, 4.69) is 5.16 Å². The molecule has 1 aliphatic rings. The number of rotatable bonds is 3. The van der Waals surface area contributed by atoms with Gasteiger partial charge in [-0.2, -0.15) is 13.2 Å². The van der Waals surface area contributed by atoms with Crippen LogP contribution < -0.4 is 11.1 Å². The van der Waals surface area contributed by atoms with Crippen molar-refractivity contribution in [3.8, 4) is 0 Å². The van der Waals surface area contributed by atoms with E-state index in [-0.39, 0.29) is 5.84 Å². The summed E-state index contributed by atoms with van der Waals surface area (Å²) in [4.78, 5) is 11.7. The average Bonchev–Trinajstić information content (AvgIpc) is 2.74. The van der Waals surface area contributed by atoms with Crippen molar-refractivity contribution >= 4 is 11.7 Å². The van der Waals surface area contributed by atoms with Gasteiger partial charge in [-0.15, -0.1) is 0 Å². The fourth-order valence-electron chi connectivity index (χ4n) is 2.02. The van der Waals surface area contributed by atoms with Gasteiger partial charge in [0.15, 0.2) is 5.84 Å². The first-order valence-corrected chi connectivity index (χ1v) is 5.15. The number of nitrogens with one attached hydrogen (secondary N) is 1. The number of nitrogens with two attached hydrogens (primary N) is 1. The summed E-state index contributed by atoms with van der Waals surface area (Å²) in [6, 6.07) is 0. The van der Waals surface area contributed by atoms with E-state index < -0.39 is 24.0 Å². The quantitative estimate of drug-likeness (QED) is 0.303. The predicted molar refractivity (Wildman–Crippen MR) is 53.4 cm³/mol. The molecule has 0 aromatic carbocycles. The number of carbonyl (C=O) groups is 1. The zero-order chi connectivity index (χ0) is 13.1. The first kappa shape index (κ1) is 13.6. The molecule has 8 heteroatoms. The lowest BCUT2D eigenvalue weighted by atomic mass is 9.84. The highest BCUT2D eigenvalue weighted by atomic mass is 19.4. The zero-order valence-corrected chi connectivity index (χ0v) is 9.05. The van der Waals surface area contributed by atoms with Gasteiger partial charge in [-0.1, -0.05) is 18.0 Å². The van der Waals surface area contributed by atoms with Crippen LogP contribution in [0.2, 0.25) is 0 Å². The van der Waals surface area contributed by atoms with Crippen LogP contribution in [0.4, 0.5) is 13.2 Å². The van der Waals surface area contributed by atoms with Crippen LogP contribution in [0, 0.1) is 5.41 Å². The fourth-order valence-corrected chi connectivity index (χ4v) is 2.02. The minimum absolute atomic E-state index is 0.298. The molecule has 1 saturated carbocycles. The van der Waals surface area contributed by atoms with E-state index in [1.165, 1.54) is 0 Å². The van der Waals surface area contributed by atoms with E-state index >= 15 is 0 Å². The third-order valence-corrected chi connectivity index (χ3v) is 2.94. The third kappa shape index (κ3) is 3.01. The van der Waals surface area contributed by atoms with Gasteiger partial charge in [0, 0.05) is 0 Å². The molecule has 0 bridgehead atoms. The van der Waals surface area contributed by atoms with Crippen LogP contribution in [-0.4, -0.2) is 29.7 Å². The minimum atomic E-state index is -4.47. The van der Waals surface area contributed by atoms with Gasteiger partial charge in [-0.25, -0.2) is 0 Å². The molecule has 0 saturated heterocycles. The summed E-state index contributed by atoms with van der Waals surface area (Å²) in [5, 5.41) is 13.1. The van der Waals surface area contributed by atoms with Crippen LogP contribution >= 0.6 is 0 Å². The standard InChI is InChI=1S/C9H14F3N3O2/c10-9(11,12)5-14-7(16)8(6(13)15-17)3-1-2-4-8/h17H,1-5H2,(H2,13,15)(H,14,16). The molecule has 17 heavy (non-hydrogen) atoms. The van der Waals surface area contributed by atoms with Gasteiger partial charge >= 0.3 is 6.18 Å². The van der Waals surface area contributed by atoms with E-state index in [9.17, 15) is 18.0 Å². The second-order valence-electron chi connectivity index (χ2n) is 4.07. The maximum absolute atomic E-state index is 12.0. The summed E-state index contributed by atoms with van der Waals surface area (Å²) in [5.41, 5.74) is 4.12. The van der Waals surface area contributed by atoms with E-state index in [1.807, 2.05) is 0 Å². The number of carbonyl (C=O) groups excluding carboxylic acids is 1. The van der Waals surface area contributed by atoms with Crippen molar-refractivity contribution in [3.63, 3.8) is 0 Å². The first-order valence-electron chi connectivity index (χ1n) is 5.15. The SMILES string of the molecule is NC(=NO)C1(C(=O)NCC(F)(F)F)CCCC1. The fraction of sp³-hybridized carbons (Fsp3) is 0.778. The number of halogens is 3. The summed E-state index contributed by atoms with van der Waals surface area (Å²) in [7, 11) is 0. The van der Waals surface area contributed by atoms with E-state index in [1.54, 1.807) is 5.32 Å². The Morgan fingerprint density at radius 2 is 1.94 bits per heavy atom. The summed E-state index contributed by atoms with van der Waals surface area (Å²) in [6.07, 6.45) is -2.55. The van der Waals surface area contributed by atoms with E-state index in [0.29, 0.717) is 25.7 Å². The smallest absolute Gasteiger partial charge is 0.405 e. The molecule has 0 heterocycles. The van der Waals surface area contributed by atoms with Gasteiger partial charge < -0.3 is 16.3 Å². The molecule has 0 unspecified atom stereocenters. The van der Waals surface area contributed by atoms with Crippen molar-refractivity contribution in [2.75, 3.05) is 6.54 Å². The molecule has 0 aromatic rings. The summed E-state index contributed by atoms with van der Waals surface area (Å²) >= 11 is 0. The highest BCUT2D eigenvalue weighted by Crippen LogP contribution is 2.38. The van der Waals surface area contributed by atoms with Crippen molar-refractivity contribution in [2.45, 2.75) is 31.9 Å². The van der Waals surface area contributed by atoms with Crippen molar-refractivity contribution in [1.29, 1.82) is 0 Å². The molecule has 1 amide bonds. The molecule has 98 valence electrons. The van der Waals surface area contributed by atoms with Gasteiger partial charge in [0.2, 0.25) is 5.91 Å². The number of hydrogen-bond acceptors (Lipinski definition) is 3. The Bertz CT molecular complexity index is 322.